The number of phenolic OH excluding ortho intramolecular Hbond substituents is 4. The van der Waals surface area contributed by atoms with Crippen molar-refractivity contribution < 1.29 is 30.3 Å². The molecule has 0 fully saturated rings. The zero-order valence-electron chi connectivity index (χ0n) is 15.3. The fourth-order valence-corrected chi connectivity index (χ4v) is 4.75. The fraction of sp³-hybridized carbons (Fsp3) is 0.182. The van der Waals surface area contributed by atoms with Gasteiger partial charge >= 0.3 is 0 Å². The number of hydrogen-bond acceptors (Lipinski definition) is 7. The van der Waals surface area contributed by atoms with Gasteiger partial charge in [-0.05, 0) is 23.3 Å². The Morgan fingerprint density at radius 3 is 2.31 bits per heavy atom. The minimum absolute atomic E-state index is 0.156. The van der Waals surface area contributed by atoms with Gasteiger partial charge in [-0.2, -0.15) is 0 Å². The van der Waals surface area contributed by atoms with Gasteiger partial charge in [-0.25, -0.2) is 0 Å². The Bertz CT molecular complexity index is 1020. The van der Waals surface area contributed by atoms with Crippen molar-refractivity contribution in [3.8, 4) is 28.7 Å². The molecule has 7 heteroatoms. The summed E-state index contributed by atoms with van der Waals surface area (Å²) in [5.74, 6) is -0.0547. The molecular weight excluding hydrogens is 392 g/mol. The average molecular weight is 412 g/mol. The highest BCUT2D eigenvalue weighted by Gasteiger charge is 2.40. The monoisotopic (exact) mass is 412 g/mol. The maximum atomic E-state index is 11.1. The molecule has 3 atom stereocenters. The first-order valence-corrected chi connectivity index (χ1v) is 10.1. The summed E-state index contributed by atoms with van der Waals surface area (Å²) in [6.45, 7) is 0. The minimum atomic E-state index is -1.05. The topological polar surface area (TPSA) is 110 Å². The third-order valence-electron chi connectivity index (χ3n) is 4.86. The van der Waals surface area contributed by atoms with Gasteiger partial charge in [-0.1, -0.05) is 36.4 Å². The Morgan fingerprint density at radius 1 is 0.828 bits per heavy atom. The van der Waals surface area contributed by atoms with Gasteiger partial charge in [-0.15, -0.1) is 11.8 Å². The minimum Gasteiger partial charge on any atom is -0.508 e. The number of rotatable bonds is 4. The van der Waals surface area contributed by atoms with Crippen molar-refractivity contribution in [2.24, 2.45) is 0 Å². The number of ether oxygens (including phenoxy) is 1. The fourth-order valence-electron chi connectivity index (χ4n) is 3.44. The molecule has 0 saturated heterocycles. The van der Waals surface area contributed by atoms with Gasteiger partial charge in [0.25, 0.3) is 0 Å². The van der Waals surface area contributed by atoms with Crippen molar-refractivity contribution >= 4 is 11.8 Å². The van der Waals surface area contributed by atoms with Crippen molar-refractivity contribution in [1.29, 1.82) is 0 Å². The largest absolute Gasteiger partial charge is 0.508 e. The van der Waals surface area contributed by atoms with Crippen molar-refractivity contribution in [1.82, 2.24) is 0 Å². The summed E-state index contributed by atoms with van der Waals surface area (Å²) in [6, 6.07) is 16.6. The van der Waals surface area contributed by atoms with E-state index in [2.05, 4.69) is 0 Å². The van der Waals surface area contributed by atoms with Crippen LogP contribution in [0.2, 0.25) is 0 Å². The Kier molecular flexibility index (Phi) is 5.17. The lowest BCUT2D eigenvalue weighted by Gasteiger charge is -2.37. The van der Waals surface area contributed by atoms with Crippen LogP contribution in [0.1, 0.15) is 28.0 Å². The van der Waals surface area contributed by atoms with Gasteiger partial charge in [0.1, 0.15) is 23.4 Å². The van der Waals surface area contributed by atoms with Crippen LogP contribution in [-0.4, -0.2) is 31.6 Å². The van der Waals surface area contributed by atoms with Crippen LogP contribution in [0.3, 0.4) is 0 Å². The average Bonchev–Trinajstić information content (AvgIpc) is 2.70. The first kappa shape index (κ1) is 19.3. The maximum Gasteiger partial charge on any atom is 0.157 e. The lowest BCUT2D eigenvalue weighted by molar-refractivity contribution is 0.0174. The Labute approximate surface area is 171 Å². The van der Waals surface area contributed by atoms with E-state index in [9.17, 15) is 25.5 Å². The zero-order valence-corrected chi connectivity index (χ0v) is 16.1. The molecule has 0 spiro atoms. The quantitative estimate of drug-likeness (QED) is 0.412. The van der Waals surface area contributed by atoms with E-state index in [1.807, 2.05) is 30.3 Å². The standard InChI is InChI=1S/C22H20O6S/c23-14-9-17(26)19-18(10-14)28-21(13-6-7-15(24)16(25)8-13)20(27)22(19)29-11-12-4-2-1-3-5-12/h1-10,20-27H,11H2/t20-,21+,22-/m0/s1. The van der Waals surface area contributed by atoms with Crippen LogP contribution in [0.4, 0.5) is 0 Å². The Morgan fingerprint density at radius 2 is 1.59 bits per heavy atom. The van der Waals surface area contributed by atoms with Gasteiger partial charge in [0, 0.05) is 17.9 Å². The number of thioether (sulfide) groups is 1. The van der Waals surface area contributed by atoms with E-state index >= 15 is 0 Å². The van der Waals surface area contributed by atoms with Crippen LogP contribution in [0.15, 0.2) is 60.7 Å². The summed E-state index contributed by atoms with van der Waals surface area (Å²) in [7, 11) is 0. The second kappa shape index (κ2) is 7.77. The first-order valence-electron chi connectivity index (χ1n) is 9.02. The third-order valence-corrected chi connectivity index (χ3v) is 6.24. The maximum absolute atomic E-state index is 11.1. The molecule has 0 radical (unpaired) electrons. The lowest BCUT2D eigenvalue weighted by Crippen LogP contribution is -2.33. The van der Waals surface area contributed by atoms with E-state index in [1.165, 1.54) is 36.0 Å². The molecule has 3 aromatic rings. The number of aromatic hydroxyl groups is 4. The van der Waals surface area contributed by atoms with E-state index < -0.39 is 17.5 Å². The molecular formula is C22H20O6S. The van der Waals surface area contributed by atoms with Crippen molar-refractivity contribution in [3.05, 3.63) is 77.4 Å². The van der Waals surface area contributed by atoms with Crippen molar-refractivity contribution in [2.45, 2.75) is 23.2 Å². The number of benzene rings is 3. The molecule has 6 nitrogen and oxygen atoms in total. The molecule has 0 amide bonds. The van der Waals surface area contributed by atoms with Gasteiger partial charge in [0.05, 0.1) is 10.8 Å². The molecule has 0 saturated carbocycles. The molecule has 0 bridgehead atoms. The molecule has 0 aromatic heterocycles. The summed E-state index contributed by atoms with van der Waals surface area (Å²) >= 11 is 1.44. The second-order valence-electron chi connectivity index (χ2n) is 6.87. The highest BCUT2D eigenvalue weighted by molar-refractivity contribution is 7.98. The molecule has 1 aliphatic rings. The predicted molar refractivity (Wildman–Crippen MR) is 109 cm³/mol. The molecule has 3 aromatic carbocycles. The number of hydrogen-bond donors (Lipinski definition) is 5. The summed E-state index contributed by atoms with van der Waals surface area (Å²) in [5.41, 5.74) is 1.94. The zero-order chi connectivity index (χ0) is 20.5. The van der Waals surface area contributed by atoms with Crippen LogP contribution in [0.25, 0.3) is 0 Å². The number of aliphatic hydroxyl groups is 1. The Balaban J connectivity index is 1.72. The third kappa shape index (κ3) is 3.79. The summed E-state index contributed by atoms with van der Waals surface area (Å²) in [5, 5.41) is 50.3. The summed E-state index contributed by atoms with van der Waals surface area (Å²) in [4.78, 5) is 0. The number of fused-ring (bicyclic) bond motifs is 1. The molecule has 1 heterocycles. The molecule has 1 aliphatic heterocycles. The second-order valence-corrected chi connectivity index (χ2v) is 8.00. The van der Waals surface area contributed by atoms with E-state index in [1.54, 1.807) is 6.07 Å². The van der Waals surface area contributed by atoms with Gasteiger partial charge in [0.15, 0.2) is 17.6 Å². The van der Waals surface area contributed by atoms with E-state index in [-0.39, 0.29) is 28.7 Å². The summed E-state index contributed by atoms with van der Waals surface area (Å²) in [6.07, 6.45) is -1.90. The molecule has 29 heavy (non-hydrogen) atoms. The van der Waals surface area contributed by atoms with Crippen molar-refractivity contribution in [2.75, 3.05) is 0 Å². The summed E-state index contributed by atoms with van der Waals surface area (Å²) < 4.78 is 5.89. The normalized spacial score (nSPS) is 20.7. The van der Waals surface area contributed by atoms with Crippen LogP contribution >= 0.6 is 11.8 Å². The Hall–Kier alpha value is -3.03. The highest BCUT2D eigenvalue weighted by atomic mass is 32.2. The SMILES string of the molecule is Oc1cc(O)c2c(c1)O[C@H](c1ccc(O)c(O)c1)[C@H](O)[C@H]2SCc1ccccc1. The highest BCUT2D eigenvalue weighted by Crippen LogP contribution is 2.53. The van der Waals surface area contributed by atoms with E-state index in [0.717, 1.165) is 5.56 Å². The molecule has 5 N–H and O–H groups in total. The van der Waals surface area contributed by atoms with Gasteiger partial charge in [0.2, 0.25) is 0 Å². The van der Waals surface area contributed by atoms with Crippen LogP contribution in [-0.2, 0) is 5.75 Å². The van der Waals surface area contributed by atoms with Crippen LogP contribution in [0, 0.1) is 0 Å². The first-order chi connectivity index (χ1) is 13.9. The van der Waals surface area contributed by atoms with Gasteiger partial charge < -0.3 is 30.3 Å². The number of phenols is 4. The smallest absolute Gasteiger partial charge is 0.157 e. The molecule has 0 unspecified atom stereocenters. The van der Waals surface area contributed by atoms with Gasteiger partial charge in [-0.3, -0.25) is 0 Å². The van der Waals surface area contributed by atoms with Crippen molar-refractivity contribution in [3.63, 3.8) is 0 Å². The van der Waals surface area contributed by atoms with Crippen LogP contribution < -0.4 is 4.74 Å². The molecule has 0 aliphatic carbocycles. The van der Waals surface area contributed by atoms with E-state index in [4.69, 9.17) is 4.74 Å². The van der Waals surface area contributed by atoms with E-state index in [0.29, 0.717) is 16.9 Å². The lowest BCUT2D eigenvalue weighted by atomic mass is 9.93. The number of aliphatic hydroxyl groups excluding tert-OH is 1. The molecule has 4 rings (SSSR count). The molecule has 150 valence electrons. The van der Waals surface area contributed by atoms with Crippen LogP contribution in [0.5, 0.6) is 28.7 Å². The predicted octanol–water partition coefficient (Wildman–Crippen LogP) is 3.98.